The highest BCUT2D eigenvalue weighted by molar-refractivity contribution is 7.89. The standard InChI is InChI=1S/C28H37N3O7S/c1-7-37-26(32)24-22(29-30-39(35,36)21-15-9-18(3)10-16-21)17-28(4,34)25(27(33)38-8-2)23(24)19-11-13-20(14-12-19)31(5)6/h9-16,23-25,30,34H,7-8,17H2,1-6H3. The molecule has 0 spiro atoms. The summed E-state index contributed by atoms with van der Waals surface area (Å²) in [4.78, 5) is 30.8. The van der Waals surface area contributed by atoms with Crippen molar-refractivity contribution in [2.75, 3.05) is 32.2 Å². The molecule has 1 fully saturated rings. The van der Waals surface area contributed by atoms with E-state index in [0.717, 1.165) is 11.3 Å². The van der Waals surface area contributed by atoms with Crippen molar-refractivity contribution in [3.05, 3.63) is 59.7 Å². The lowest BCUT2D eigenvalue weighted by Gasteiger charge is -2.45. The van der Waals surface area contributed by atoms with Crippen LogP contribution in [0.1, 0.15) is 44.2 Å². The minimum Gasteiger partial charge on any atom is -0.466 e. The average molecular weight is 560 g/mol. The van der Waals surface area contributed by atoms with Gasteiger partial charge in [0.1, 0.15) is 5.92 Å². The summed E-state index contributed by atoms with van der Waals surface area (Å²) in [5.41, 5.74) is 0.691. The van der Waals surface area contributed by atoms with E-state index in [1.807, 2.05) is 38.1 Å². The molecular formula is C28H37N3O7S. The number of carbonyl (C=O) groups is 2. The Kier molecular flexibility index (Phi) is 9.39. The number of hydrogen-bond acceptors (Lipinski definition) is 9. The summed E-state index contributed by atoms with van der Waals surface area (Å²) in [5.74, 6) is -4.60. The van der Waals surface area contributed by atoms with Gasteiger partial charge >= 0.3 is 11.9 Å². The number of hydrogen-bond donors (Lipinski definition) is 2. The summed E-state index contributed by atoms with van der Waals surface area (Å²) in [7, 11) is -0.313. The van der Waals surface area contributed by atoms with Gasteiger partial charge in [-0.2, -0.15) is 13.5 Å². The fourth-order valence-corrected chi connectivity index (χ4v) is 5.74. The number of sulfonamides is 1. The number of benzene rings is 2. The van der Waals surface area contributed by atoms with Crippen LogP contribution in [0.3, 0.4) is 0 Å². The van der Waals surface area contributed by atoms with E-state index in [9.17, 15) is 23.1 Å². The molecule has 0 amide bonds. The molecule has 0 saturated heterocycles. The molecule has 0 bridgehead atoms. The van der Waals surface area contributed by atoms with Crippen LogP contribution in [0.5, 0.6) is 0 Å². The molecule has 2 aromatic carbocycles. The number of rotatable bonds is 9. The number of nitrogens with one attached hydrogen (secondary N) is 1. The van der Waals surface area contributed by atoms with Crippen molar-refractivity contribution in [2.24, 2.45) is 16.9 Å². The van der Waals surface area contributed by atoms with Gasteiger partial charge < -0.3 is 19.5 Å². The first-order valence-corrected chi connectivity index (χ1v) is 14.3. The van der Waals surface area contributed by atoms with Gasteiger partial charge in [0.25, 0.3) is 10.0 Å². The highest BCUT2D eigenvalue weighted by Gasteiger charge is 2.56. The maximum absolute atomic E-state index is 13.4. The molecule has 0 heterocycles. The molecule has 1 aliphatic carbocycles. The number of esters is 2. The molecule has 2 aromatic rings. The molecule has 3 rings (SSSR count). The van der Waals surface area contributed by atoms with Gasteiger partial charge in [0.05, 0.1) is 35.3 Å². The molecule has 0 aromatic heterocycles. The Hall–Kier alpha value is -3.44. The maximum atomic E-state index is 13.4. The van der Waals surface area contributed by atoms with Gasteiger partial charge in [0.2, 0.25) is 0 Å². The fraction of sp³-hybridized carbons (Fsp3) is 0.464. The lowest BCUT2D eigenvalue weighted by molar-refractivity contribution is -0.163. The van der Waals surface area contributed by atoms with Crippen molar-refractivity contribution in [2.45, 2.75) is 50.5 Å². The van der Waals surface area contributed by atoms with E-state index < -0.39 is 45.3 Å². The minimum absolute atomic E-state index is 0.00655. The van der Waals surface area contributed by atoms with Crippen LogP contribution in [0.2, 0.25) is 0 Å². The number of carbonyl (C=O) groups excluding carboxylic acids is 2. The third kappa shape index (κ3) is 6.77. The number of hydrazone groups is 1. The van der Waals surface area contributed by atoms with E-state index in [1.165, 1.54) is 19.1 Å². The van der Waals surface area contributed by atoms with Crippen LogP contribution < -0.4 is 9.73 Å². The van der Waals surface area contributed by atoms with Crippen LogP contribution in [0, 0.1) is 18.8 Å². The second-order valence-electron chi connectivity index (χ2n) is 10.0. The third-order valence-electron chi connectivity index (χ3n) is 6.80. The number of aryl methyl sites for hydroxylation is 1. The van der Waals surface area contributed by atoms with E-state index >= 15 is 0 Å². The van der Waals surface area contributed by atoms with E-state index in [4.69, 9.17) is 9.47 Å². The van der Waals surface area contributed by atoms with E-state index in [-0.39, 0.29) is 30.2 Å². The number of ether oxygens (including phenoxy) is 2. The lowest BCUT2D eigenvalue weighted by atomic mass is 9.61. The zero-order valence-electron chi connectivity index (χ0n) is 23.2. The SMILES string of the molecule is CCOC(=O)C1C(=NNS(=O)(=O)c2ccc(C)cc2)CC(C)(O)C(C(=O)OCC)C1c1ccc(N(C)C)cc1. The predicted octanol–water partition coefficient (Wildman–Crippen LogP) is 2.99. The number of anilines is 1. The molecule has 10 nitrogen and oxygen atoms in total. The smallest absolute Gasteiger partial charge is 0.315 e. The first kappa shape index (κ1) is 30.1. The summed E-state index contributed by atoms with van der Waals surface area (Å²) >= 11 is 0. The van der Waals surface area contributed by atoms with Gasteiger partial charge in [-0.3, -0.25) is 9.59 Å². The summed E-state index contributed by atoms with van der Waals surface area (Å²) in [6.07, 6.45) is -0.261. The predicted molar refractivity (Wildman–Crippen MR) is 148 cm³/mol. The Bertz CT molecular complexity index is 1300. The normalized spacial score (nSPS) is 24.2. The van der Waals surface area contributed by atoms with E-state index in [1.54, 1.807) is 38.1 Å². The van der Waals surface area contributed by atoms with Gasteiger partial charge in [-0.05, 0) is 57.5 Å². The van der Waals surface area contributed by atoms with Crippen molar-refractivity contribution >= 4 is 33.4 Å². The van der Waals surface area contributed by atoms with Crippen molar-refractivity contribution < 1.29 is 32.6 Å². The van der Waals surface area contributed by atoms with Gasteiger partial charge in [-0.15, -0.1) is 0 Å². The Labute approximate surface area is 230 Å². The first-order valence-electron chi connectivity index (χ1n) is 12.8. The summed E-state index contributed by atoms with van der Waals surface area (Å²) in [6, 6.07) is 13.4. The Balaban J connectivity index is 2.16. The Morgan fingerprint density at radius 2 is 1.59 bits per heavy atom. The van der Waals surface area contributed by atoms with Crippen LogP contribution >= 0.6 is 0 Å². The summed E-state index contributed by atoms with van der Waals surface area (Å²) in [6.45, 7) is 6.75. The van der Waals surface area contributed by atoms with Crippen LogP contribution in [0.15, 0.2) is 58.5 Å². The second kappa shape index (κ2) is 12.2. The molecule has 4 unspecified atom stereocenters. The molecule has 11 heteroatoms. The van der Waals surface area contributed by atoms with Gasteiger partial charge in [0, 0.05) is 32.1 Å². The van der Waals surface area contributed by atoms with Crippen molar-refractivity contribution in [1.82, 2.24) is 4.83 Å². The Morgan fingerprint density at radius 3 is 2.13 bits per heavy atom. The fourth-order valence-electron chi connectivity index (χ4n) is 4.90. The van der Waals surface area contributed by atoms with Gasteiger partial charge in [-0.1, -0.05) is 29.8 Å². The molecule has 2 N–H and O–H groups in total. The molecule has 1 aliphatic rings. The number of nitrogens with zero attached hydrogens (tertiary/aromatic N) is 2. The van der Waals surface area contributed by atoms with Crippen molar-refractivity contribution in [3.63, 3.8) is 0 Å². The second-order valence-corrected chi connectivity index (χ2v) is 11.7. The van der Waals surface area contributed by atoms with Crippen LogP contribution in [0.4, 0.5) is 5.69 Å². The van der Waals surface area contributed by atoms with Crippen molar-refractivity contribution in [1.29, 1.82) is 0 Å². The quantitative estimate of drug-likeness (QED) is 0.354. The van der Waals surface area contributed by atoms with Crippen molar-refractivity contribution in [3.8, 4) is 0 Å². The van der Waals surface area contributed by atoms with Gasteiger partial charge in [-0.25, -0.2) is 4.83 Å². The van der Waals surface area contributed by atoms with Crippen LogP contribution in [-0.4, -0.2) is 64.1 Å². The summed E-state index contributed by atoms with van der Waals surface area (Å²) in [5, 5.41) is 15.7. The largest absolute Gasteiger partial charge is 0.466 e. The monoisotopic (exact) mass is 559 g/mol. The average Bonchev–Trinajstić information content (AvgIpc) is 2.87. The van der Waals surface area contributed by atoms with Crippen LogP contribution in [-0.2, 0) is 29.1 Å². The summed E-state index contributed by atoms with van der Waals surface area (Å²) < 4.78 is 36.7. The molecule has 1 saturated carbocycles. The zero-order chi connectivity index (χ0) is 29.0. The molecule has 212 valence electrons. The molecule has 39 heavy (non-hydrogen) atoms. The highest BCUT2D eigenvalue weighted by atomic mass is 32.2. The zero-order valence-corrected chi connectivity index (χ0v) is 24.0. The van der Waals surface area contributed by atoms with E-state index in [0.29, 0.717) is 5.56 Å². The van der Waals surface area contributed by atoms with Crippen LogP contribution in [0.25, 0.3) is 0 Å². The first-order chi connectivity index (χ1) is 18.3. The Morgan fingerprint density at radius 1 is 1.03 bits per heavy atom. The maximum Gasteiger partial charge on any atom is 0.315 e. The van der Waals surface area contributed by atoms with E-state index in [2.05, 4.69) is 9.93 Å². The molecule has 0 radical (unpaired) electrons. The minimum atomic E-state index is -4.08. The molecular weight excluding hydrogens is 522 g/mol. The van der Waals surface area contributed by atoms with Gasteiger partial charge in [0.15, 0.2) is 0 Å². The highest BCUT2D eigenvalue weighted by Crippen LogP contribution is 2.47. The topological polar surface area (TPSA) is 135 Å². The molecule has 0 aliphatic heterocycles. The lowest BCUT2D eigenvalue weighted by Crippen LogP contribution is -2.55. The third-order valence-corrected chi connectivity index (χ3v) is 8.03. The molecule has 4 atom stereocenters. The number of aliphatic hydroxyl groups is 1.